The Bertz CT molecular complexity index is 882. The van der Waals surface area contributed by atoms with E-state index in [2.05, 4.69) is 0 Å². The Balaban J connectivity index is 1.62. The number of methoxy groups -OCH3 is 1. The number of carbonyl (C=O) groups excluding carboxylic acids is 1. The fraction of sp³-hybridized carbons (Fsp3) is 0.350. The van der Waals surface area contributed by atoms with Crippen LogP contribution in [-0.2, 0) is 14.6 Å². The number of rotatable bonds is 7. The molecule has 2 aromatic rings. The van der Waals surface area contributed by atoms with Crippen molar-refractivity contribution in [2.75, 3.05) is 26.0 Å². The molecule has 1 saturated heterocycles. The summed E-state index contributed by atoms with van der Waals surface area (Å²) in [5.41, 5.74) is 0. The van der Waals surface area contributed by atoms with Crippen LogP contribution in [0.15, 0.2) is 59.5 Å². The zero-order valence-electron chi connectivity index (χ0n) is 15.2. The van der Waals surface area contributed by atoms with E-state index in [-0.39, 0.29) is 29.2 Å². The lowest BCUT2D eigenvalue weighted by Gasteiger charge is -2.24. The normalized spacial score (nSPS) is 16.9. The highest BCUT2D eigenvalue weighted by atomic mass is 32.2. The molecule has 0 radical (unpaired) electrons. The van der Waals surface area contributed by atoms with Gasteiger partial charge >= 0.3 is 0 Å². The first kappa shape index (κ1) is 19.2. The molecular weight excluding hydrogens is 366 g/mol. The standard InChI is InChI=1S/C20H23NO5S/c1-25-17-8-5-9-18(13-17)26-14-20(22)21-12-6-7-16(21)15-27(23,24)19-10-3-2-4-11-19/h2-5,8-11,13,16H,6-7,12,14-15H2,1H3. The molecule has 1 fully saturated rings. The maximum Gasteiger partial charge on any atom is 0.260 e. The van der Waals surface area contributed by atoms with Crippen LogP contribution in [0.25, 0.3) is 0 Å². The molecule has 1 atom stereocenters. The maximum absolute atomic E-state index is 12.6. The molecule has 0 bridgehead atoms. The van der Waals surface area contributed by atoms with Gasteiger partial charge in [0.2, 0.25) is 0 Å². The Morgan fingerprint density at radius 2 is 1.85 bits per heavy atom. The van der Waals surface area contributed by atoms with Crippen molar-refractivity contribution in [1.82, 2.24) is 4.90 Å². The topological polar surface area (TPSA) is 72.9 Å². The number of carbonyl (C=O) groups is 1. The zero-order valence-corrected chi connectivity index (χ0v) is 16.0. The van der Waals surface area contributed by atoms with Crippen LogP contribution in [0.2, 0.25) is 0 Å². The van der Waals surface area contributed by atoms with E-state index in [9.17, 15) is 13.2 Å². The van der Waals surface area contributed by atoms with Crippen LogP contribution in [0.3, 0.4) is 0 Å². The minimum Gasteiger partial charge on any atom is -0.497 e. The smallest absolute Gasteiger partial charge is 0.260 e. The summed E-state index contributed by atoms with van der Waals surface area (Å²) in [5, 5.41) is 0. The fourth-order valence-electron chi connectivity index (χ4n) is 3.23. The average Bonchev–Trinajstić information content (AvgIpc) is 3.14. The maximum atomic E-state index is 12.6. The van der Waals surface area contributed by atoms with Gasteiger partial charge in [-0.15, -0.1) is 0 Å². The molecule has 7 heteroatoms. The summed E-state index contributed by atoms with van der Waals surface area (Å²) in [5.74, 6) is 0.911. The van der Waals surface area contributed by atoms with Crippen molar-refractivity contribution in [3.8, 4) is 11.5 Å². The van der Waals surface area contributed by atoms with E-state index in [1.807, 2.05) is 0 Å². The van der Waals surface area contributed by atoms with Gasteiger partial charge in [0.1, 0.15) is 11.5 Å². The van der Waals surface area contributed by atoms with E-state index in [4.69, 9.17) is 9.47 Å². The van der Waals surface area contributed by atoms with Gasteiger partial charge in [-0.05, 0) is 37.1 Å². The molecule has 1 aliphatic heterocycles. The number of likely N-dealkylation sites (tertiary alicyclic amines) is 1. The SMILES string of the molecule is COc1cccc(OCC(=O)N2CCCC2CS(=O)(=O)c2ccccc2)c1. The van der Waals surface area contributed by atoms with Crippen molar-refractivity contribution < 1.29 is 22.7 Å². The molecule has 2 aromatic carbocycles. The molecule has 3 rings (SSSR count). The predicted molar refractivity (Wildman–Crippen MR) is 102 cm³/mol. The number of ether oxygens (including phenoxy) is 2. The Labute approximate surface area is 159 Å². The van der Waals surface area contributed by atoms with Crippen LogP contribution in [0, 0.1) is 0 Å². The lowest BCUT2D eigenvalue weighted by Crippen LogP contribution is -2.42. The average molecular weight is 389 g/mol. The number of benzene rings is 2. The lowest BCUT2D eigenvalue weighted by molar-refractivity contribution is -0.133. The summed E-state index contributed by atoms with van der Waals surface area (Å²) in [4.78, 5) is 14.5. The van der Waals surface area contributed by atoms with E-state index in [1.165, 1.54) is 0 Å². The van der Waals surface area contributed by atoms with Gasteiger partial charge in [0.05, 0.1) is 17.8 Å². The first-order valence-electron chi connectivity index (χ1n) is 8.84. The van der Waals surface area contributed by atoms with Crippen LogP contribution in [0.4, 0.5) is 0 Å². The Kier molecular flexibility index (Phi) is 6.01. The van der Waals surface area contributed by atoms with E-state index in [0.717, 1.165) is 6.42 Å². The molecule has 0 spiro atoms. The summed E-state index contributed by atoms with van der Waals surface area (Å²) < 4.78 is 35.9. The second-order valence-corrected chi connectivity index (χ2v) is 8.48. The number of amides is 1. The largest absolute Gasteiger partial charge is 0.497 e. The lowest BCUT2D eigenvalue weighted by atomic mass is 10.2. The number of sulfone groups is 1. The van der Waals surface area contributed by atoms with Crippen LogP contribution >= 0.6 is 0 Å². The van der Waals surface area contributed by atoms with E-state index < -0.39 is 9.84 Å². The molecule has 1 aliphatic rings. The fourth-order valence-corrected chi connectivity index (χ4v) is 4.85. The number of hydrogen-bond acceptors (Lipinski definition) is 5. The van der Waals surface area contributed by atoms with Gasteiger partial charge in [0.25, 0.3) is 5.91 Å². The highest BCUT2D eigenvalue weighted by Gasteiger charge is 2.33. The van der Waals surface area contributed by atoms with Gasteiger partial charge < -0.3 is 14.4 Å². The number of nitrogens with zero attached hydrogens (tertiary/aromatic N) is 1. The molecule has 27 heavy (non-hydrogen) atoms. The van der Waals surface area contributed by atoms with Gasteiger partial charge in [-0.1, -0.05) is 24.3 Å². The second kappa shape index (κ2) is 8.43. The third-order valence-corrected chi connectivity index (χ3v) is 6.43. The molecular formula is C20H23NO5S. The van der Waals surface area contributed by atoms with Crippen molar-refractivity contribution in [2.24, 2.45) is 0 Å². The molecule has 1 amide bonds. The van der Waals surface area contributed by atoms with E-state index in [0.29, 0.717) is 24.5 Å². The Morgan fingerprint density at radius 1 is 1.11 bits per heavy atom. The van der Waals surface area contributed by atoms with E-state index >= 15 is 0 Å². The Hall–Kier alpha value is -2.54. The molecule has 0 aliphatic carbocycles. The van der Waals surface area contributed by atoms with Crippen LogP contribution < -0.4 is 9.47 Å². The van der Waals surface area contributed by atoms with Gasteiger partial charge in [0.15, 0.2) is 16.4 Å². The minimum atomic E-state index is -3.44. The molecule has 1 unspecified atom stereocenters. The van der Waals surface area contributed by atoms with Crippen molar-refractivity contribution >= 4 is 15.7 Å². The second-order valence-electron chi connectivity index (χ2n) is 6.45. The first-order chi connectivity index (χ1) is 13.0. The molecule has 0 aromatic heterocycles. The van der Waals surface area contributed by atoms with Crippen molar-refractivity contribution in [3.63, 3.8) is 0 Å². The predicted octanol–water partition coefficient (Wildman–Crippen LogP) is 2.54. The molecule has 144 valence electrons. The van der Waals surface area contributed by atoms with Crippen LogP contribution in [-0.4, -0.2) is 51.3 Å². The summed E-state index contributed by atoms with van der Waals surface area (Å²) in [7, 11) is -1.88. The van der Waals surface area contributed by atoms with Gasteiger partial charge in [-0.25, -0.2) is 8.42 Å². The van der Waals surface area contributed by atoms with Crippen molar-refractivity contribution in [2.45, 2.75) is 23.8 Å². The molecule has 0 saturated carbocycles. The summed E-state index contributed by atoms with van der Waals surface area (Å²) in [6.45, 7) is 0.421. The summed E-state index contributed by atoms with van der Waals surface area (Å²) in [6, 6.07) is 15.1. The minimum absolute atomic E-state index is 0.0675. The third kappa shape index (κ3) is 4.80. The first-order valence-corrected chi connectivity index (χ1v) is 10.5. The quantitative estimate of drug-likeness (QED) is 0.728. The van der Waals surface area contributed by atoms with Crippen molar-refractivity contribution in [3.05, 3.63) is 54.6 Å². The highest BCUT2D eigenvalue weighted by Crippen LogP contribution is 2.23. The molecule has 0 N–H and O–H groups in total. The highest BCUT2D eigenvalue weighted by molar-refractivity contribution is 7.91. The van der Waals surface area contributed by atoms with E-state index in [1.54, 1.807) is 66.6 Å². The number of hydrogen-bond donors (Lipinski definition) is 0. The monoisotopic (exact) mass is 389 g/mol. The van der Waals surface area contributed by atoms with Crippen LogP contribution in [0.5, 0.6) is 11.5 Å². The summed E-state index contributed by atoms with van der Waals surface area (Å²) in [6.07, 6.45) is 1.47. The third-order valence-electron chi connectivity index (χ3n) is 4.62. The molecule has 1 heterocycles. The zero-order chi connectivity index (χ0) is 19.3. The van der Waals surface area contributed by atoms with Gasteiger partial charge in [-0.2, -0.15) is 0 Å². The molecule has 6 nitrogen and oxygen atoms in total. The van der Waals surface area contributed by atoms with Gasteiger partial charge in [0, 0.05) is 18.7 Å². The Morgan fingerprint density at radius 3 is 2.59 bits per heavy atom. The summed E-state index contributed by atoms with van der Waals surface area (Å²) >= 11 is 0. The van der Waals surface area contributed by atoms with Crippen molar-refractivity contribution in [1.29, 1.82) is 0 Å². The van der Waals surface area contributed by atoms with Crippen LogP contribution in [0.1, 0.15) is 12.8 Å². The van der Waals surface area contributed by atoms with Gasteiger partial charge in [-0.3, -0.25) is 4.79 Å².